The Hall–Kier alpha value is -1.66. The molecule has 0 amide bonds. The number of aromatic nitrogens is 1. The molecule has 0 fully saturated rings. The highest BCUT2D eigenvalue weighted by atomic mass is 32.2. The van der Waals surface area contributed by atoms with Crippen molar-refractivity contribution in [3.8, 4) is 0 Å². The van der Waals surface area contributed by atoms with E-state index >= 15 is 0 Å². The SMILES string of the molecule is CS(=O)(=O)CCNCCn1ccc2ccccc2c1=O. The first kappa shape index (κ1) is 14.7. The molecule has 108 valence electrons. The van der Waals surface area contributed by atoms with E-state index in [9.17, 15) is 13.2 Å². The summed E-state index contributed by atoms with van der Waals surface area (Å²) in [5, 5.41) is 4.66. The van der Waals surface area contributed by atoms with Gasteiger partial charge in [-0.15, -0.1) is 0 Å². The van der Waals surface area contributed by atoms with Crippen LogP contribution in [0, 0.1) is 0 Å². The lowest BCUT2D eigenvalue weighted by Crippen LogP contribution is -2.29. The molecule has 0 saturated carbocycles. The summed E-state index contributed by atoms with van der Waals surface area (Å²) in [7, 11) is -2.94. The Balaban J connectivity index is 1.97. The second-order valence-corrected chi connectivity index (χ2v) is 7.04. The number of hydrogen-bond donors (Lipinski definition) is 1. The summed E-state index contributed by atoms with van der Waals surface area (Å²) < 4.78 is 23.6. The third kappa shape index (κ3) is 3.91. The van der Waals surface area contributed by atoms with Crippen LogP contribution in [-0.2, 0) is 16.4 Å². The third-order valence-electron chi connectivity index (χ3n) is 3.07. The Morgan fingerprint density at radius 3 is 2.65 bits per heavy atom. The molecule has 0 saturated heterocycles. The molecule has 1 N–H and O–H groups in total. The molecule has 20 heavy (non-hydrogen) atoms. The molecule has 0 radical (unpaired) electrons. The Kier molecular flexibility index (Phi) is 4.57. The van der Waals surface area contributed by atoms with Crippen molar-refractivity contribution in [2.24, 2.45) is 0 Å². The fourth-order valence-corrected chi connectivity index (χ4v) is 2.50. The van der Waals surface area contributed by atoms with E-state index in [1.54, 1.807) is 10.8 Å². The van der Waals surface area contributed by atoms with Crippen molar-refractivity contribution < 1.29 is 8.42 Å². The van der Waals surface area contributed by atoms with E-state index in [0.717, 1.165) is 5.39 Å². The van der Waals surface area contributed by atoms with Gasteiger partial charge in [0, 0.05) is 37.5 Å². The monoisotopic (exact) mass is 294 g/mol. The van der Waals surface area contributed by atoms with Crippen LogP contribution in [-0.4, -0.2) is 38.1 Å². The van der Waals surface area contributed by atoms with E-state index in [-0.39, 0.29) is 11.3 Å². The Morgan fingerprint density at radius 2 is 1.90 bits per heavy atom. The first-order valence-corrected chi connectivity index (χ1v) is 8.50. The van der Waals surface area contributed by atoms with Crippen molar-refractivity contribution in [2.75, 3.05) is 25.1 Å². The van der Waals surface area contributed by atoms with E-state index < -0.39 is 9.84 Å². The van der Waals surface area contributed by atoms with Crippen LogP contribution in [0.15, 0.2) is 41.3 Å². The number of sulfone groups is 1. The van der Waals surface area contributed by atoms with Gasteiger partial charge in [-0.1, -0.05) is 18.2 Å². The Morgan fingerprint density at radius 1 is 1.15 bits per heavy atom. The average Bonchev–Trinajstić information content (AvgIpc) is 2.40. The standard InChI is InChI=1S/C14H18N2O3S/c1-20(18,19)11-8-15-7-10-16-9-6-12-4-2-3-5-13(12)14(16)17/h2-6,9,15H,7-8,10-11H2,1H3. The van der Waals surface area contributed by atoms with Crippen LogP contribution < -0.4 is 10.9 Å². The van der Waals surface area contributed by atoms with Gasteiger partial charge >= 0.3 is 0 Å². The van der Waals surface area contributed by atoms with Crippen LogP contribution >= 0.6 is 0 Å². The minimum Gasteiger partial charge on any atom is -0.314 e. The van der Waals surface area contributed by atoms with Crippen LogP contribution in [0.25, 0.3) is 10.8 Å². The Bertz CT molecular complexity index is 750. The first-order valence-electron chi connectivity index (χ1n) is 6.44. The highest BCUT2D eigenvalue weighted by Crippen LogP contribution is 2.07. The number of hydrogen-bond acceptors (Lipinski definition) is 4. The summed E-state index contributed by atoms with van der Waals surface area (Å²) in [6, 6.07) is 9.38. The molecule has 2 aromatic rings. The van der Waals surface area contributed by atoms with Gasteiger partial charge in [0.1, 0.15) is 9.84 Å². The summed E-state index contributed by atoms with van der Waals surface area (Å²) >= 11 is 0. The zero-order chi connectivity index (χ0) is 14.6. The summed E-state index contributed by atoms with van der Waals surface area (Å²) in [4.78, 5) is 12.2. The van der Waals surface area contributed by atoms with E-state index in [0.29, 0.717) is 25.0 Å². The van der Waals surface area contributed by atoms with Crippen molar-refractivity contribution in [2.45, 2.75) is 6.54 Å². The molecule has 0 spiro atoms. The molecule has 1 aromatic heterocycles. The van der Waals surface area contributed by atoms with Crippen LogP contribution in [0.4, 0.5) is 0 Å². The smallest absolute Gasteiger partial charge is 0.258 e. The predicted molar refractivity (Wildman–Crippen MR) is 80.8 cm³/mol. The first-order chi connectivity index (χ1) is 9.47. The molecule has 0 bridgehead atoms. The van der Waals surface area contributed by atoms with Crippen LogP contribution in [0.1, 0.15) is 0 Å². The van der Waals surface area contributed by atoms with Gasteiger partial charge in [-0.25, -0.2) is 8.42 Å². The van der Waals surface area contributed by atoms with Crippen LogP contribution in [0.2, 0.25) is 0 Å². The number of rotatable bonds is 6. The summed E-state index contributed by atoms with van der Waals surface area (Å²) in [6.45, 7) is 1.49. The number of nitrogens with zero attached hydrogens (tertiary/aromatic N) is 1. The minimum atomic E-state index is -2.94. The van der Waals surface area contributed by atoms with E-state index in [2.05, 4.69) is 5.32 Å². The second-order valence-electron chi connectivity index (χ2n) is 4.78. The topological polar surface area (TPSA) is 68.2 Å². The van der Waals surface area contributed by atoms with Crippen LogP contribution in [0.3, 0.4) is 0 Å². The molecule has 0 aliphatic carbocycles. The van der Waals surface area contributed by atoms with E-state index in [1.807, 2.05) is 30.3 Å². The lowest BCUT2D eigenvalue weighted by molar-refractivity contribution is 0.582. The van der Waals surface area contributed by atoms with Crippen molar-refractivity contribution >= 4 is 20.6 Å². The molecule has 0 atom stereocenters. The van der Waals surface area contributed by atoms with Gasteiger partial charge in [0.15, 0.2) is 0 Å². The molecular formula is C14H18N2O3S. The van der Waals surface area contributed by atoms with Gasteiger partial charge in [0.05, 0.1) is 5.75 Å². The van der Waals surface area contributed by atoms with Gasteiger partial charge in [0.2, 0.25) is 0 Å². The Labute approximate surface area is 118 Å². The molecule has 6 heteroatoms. The lowest BCUT2D eigenvalue weighted by Gasteiger charge is -2.08. The molecule has 1 heterocycles. The molecule has 5 nitrogen and oxygen atoms in total. The zero-order valence-electron chi connectivity index (χ0n) is 11.4. The molecule has 0 aliphatic heterocycles. The maximum Gasteiger partial charge on any atom is 0.258 e. The van der Waals surface area contributed by atoms with Crippen molar-refractivity contribution in [1.29, 1.82) is 0 Å². The average molecular weight is 294 g/mol. The van der Waals surface area contributed by atoms with Gasteiger partial charge in [-0.3, -0.25) is 4.79 Å². The maximum absolute atomic E-state index is 12.2. The van der Waals surface area contributed by atoms with Gasteiger partial charge < -0.3 is 9.88 Å². The fourth-order valence-electron chi connectivity index (χ4n) is 1.99. The fraction of sp³-hybridized carbons (Fsp3) is 0.357. The quantitative estimate of drug-likeness (QED) is 0.794. The van der Waals surface area contributed by atoms with E-state index in [4.69, 9.17) is 0 Å². The van der Waals surface area contributed by atoms with Gasteiger partial charge in [-0.2, -0.15) is 0 Å². The van der Waals surface area contributed by atoms with Gasteiger partial charge in [-0.05, 0) is 17.5 Å². The predicted octanol–water partition coefficient (Wildman–Crippen LogP) is 0.636. The highest BCUT2D eigenvalue weighted by Gasteiger charge is 2.03. The van der Waals surface area contributed by atoms with E-state index in [1.165, 1.54) is 6.26 Å². The largest absolute Gasteiger partial charge is 0.314 e. The van der Waals surface area contributed by atoms with Crippen molar-refractivity contribution in [1.82, 2.24) is 9.88 Å². The molecule has 0 unspecified atom stereocenters. The molecule has 2 rings (SSSR count). The highest BCUT2D eigenvalue weighted by molar-refractivity contribution is 7.90. The van der Waals surface area contributed by atoms with Crippen molar-refractivity contribution in [3.63, 3.8) is 0 Å². The molecular weight excluding hydrogens is 276 g/mol. The number of benzene rings is 1. The second kappa shape index (κ2) is 6.19. The summed E-state index contributed by atoms with van der Waals surface area (Å²) in [5.74, 6) is 0.111. The van der Waals surface area contributed by atoms with Crippen LogP contribution in [0.5, 0.6) is 0 Å². The summed E-state index contributed by atoms with van der Waals surface area (Å²) in [5.41, 5.74) is -0.0204. The number of fused-ring (bicyclic) bond motifs is 1. The molecule has 1 aromatic carbocycles. The maximum atomic E-state index is 12.2. The molecule has 0 aliphatic rings. The zero-order valence-corrected chi connectivity index (χ0v) is 12.2. The lowest BCUT2D eigenvalue weighted by atomic mass is 10.2. The van der Waals surface area contributed by atoms with Gasteiger partial charge in [0.25, 0.3) is 5.56 Å². The number of nitrogens with one attached hydrogen (secondary N) is 1. The van der Waals surface area contributed by atoms with Crippen molar-refractivity contribution in [3.05, 3.63) is 46.9 Å². The third-order valence-corrected chi connectivity index (χ3v) is 4.01. The summed E-state index contributed by atoms with van der Waals surface area (Å²) in [6.07, 6.45) is 2.98. The minimum absolute atomic E-state index is 0.0204. The number of pyridine rings is 1. The normalized spacial score (nSPS) is 11.8.